The van der Waals surface area contributed by atoms with E-state index in [9.17, 15) is 4.79 Å². The number of likely N-dealkylation sites (tertiary alicyclic amines) is 1. The Morgan fingerprint density at radius 2 is 2.08 bits per heavy atom. The summed E-state index contributed by atoms with van der Waals surface area (Å²) in [4.78, 5) is 22.8. The van der Waals surface area contributed by atoms with Crippen LogP contribution in [0.1, 0.15) is 18.4 Å². The zero-order chi connectivity index (χ0) is 17.8. The Hall–Kier alpha value is -3.22. The van der Waals surface area contributed by atoms with Gasteiger partial charge in [0.2, 0.25) is 0 Å². The third-order valence-electron chi connectivity index (χ3n) is 4.60. The largest absolute Gasteiger partial charge is 0.322 e. The fraction of sp³-hybridized carbons (Fsp3) is 0.263. The summed E-state index contributed by atoms with van der Waals surface area (Å²) in [6.07, 6.45) is 7.63. The van der Waals surface area contributed by atoms with Gasteiger partial charge in [0.1, 0.15) is 12.7 Å². The first-order valence-corrected chi connectivity index (χ1v) is 8.72. The van der Waals surface area contributed by atoms with E-state index in [0.717, 1.165) is 25.8 Å². The Morgan fingerprint density at radius 1 is 1.19 bits per heavy atom. The van der Waals surface area contributed by atoms with Crippen LogP contribution in [0.25, 0.3) is 5.82 Å². The van der Waals surface area contributed by atoms with Crippen molar-refractivity contribution in [2.45, 2.75) is 25.3 Å². The molecule has 0 saturated carbocycles. The molecule has 26 heavy (non-hydrogen) atoms. The van der Waals surface area contributed by atoms with Crippen LogP contribution in [0.4, 0.5) is 10.5 Å². The van der Waals surface area contributed by atoms with Gasteiger partial charge in [0, 0.05) is 12.6 Å². The quantitative estimate of drug-likeness (QED) is 0.786. The monoisotopic (exact) mass is 348 g/mol. The van der Waals surface area contributed by atoms with Gasteiger partial charge < -0.3 is 10.2 Å². The number of benzene rings is 1. The Balaban J connectivity index is 1.40. The summed E-state index contributed by atoms with van der Waals surface area (Å²) in [7, 11) is 0. The van der Waals surface area contributed by atoms with Crippen LogP contribution in [0.15, 0.2) is 61.3 Å². The molecular weight excluding hydrogens is 328 g/mol. The summed E-state index contributed by atoms with van der Waals surface area (Å²) in [5.41, 5.74) is 1.93. The summed E-state index contributed by atoms with van der Waals surface area (Å²) >= 11 is 0. The molecule has 1 aromatic carbocycles. The van der Waals surface area contributed by atoms with Gasteiger partial charge in [-0.15, -0.1) is 0 Å². The van der Waals surface area contributed by atoms with Crippen molar-refractivity contribution in [3.05, 3.63) is 66.9 Å². The van der Waals surface area contributed by atoms with E-state index >= 15 is 0 Å². The summed E-state index contributed by atoms with van der Waals surface area (Å²) < 4.78 is 1.57. The Kier molecular flexibility index (Phi) is 4.59. The van der Waals surface area contributed by atoms with Crippen molar-refractivity contribution in [3.8, 4) is 5.82 Å². The van der Waals surface area contributed by atoms with Crippen LogP contribution in [0.5, 0.6) is 0 Å². The van der Waals surface area contributed by atoms with E-state index in [0.29, 0.717) is 11.5 Å². The van der Waals surface area contributed by atoms with Crippen LogP contribution in [-0.2, 0) is 6.42 Å². The number of urea groups is 1. The Morgan fingerprint density at radius 3 is 2.81 bits per heavy atom. The van der Waals surface area contributed by atoms with Crippen LogP contribution in [0.3, 0.4) is 0 Å². The maximum absolute atomic E-state index is 12.7. The van der Waals surface area contributed by atoms with Crippen LogP contribution in [0.2, 0.25) is 0 Å². The normalized spacial score (nSPS) is 16.6. The average Bonchev–Trinajstić information content (AvgIpc) is 3.35. The molecule has 0 bridgehead atoms. The van der Waals surface area contributed by atoms with Crippen LogP contribution in [0, 0.1) is 0 Å². The second-order valence-corrected chi connectivity index (χ2v) is 6.35. The van der Waals surface area contributed by atoms with Gasteiger partial charge in [0.05, 0.1) is 11.9 Å². The van der Waals surface area contributed by atoms with E-state index in [1.165, 1.54) is 11.9 Å². The number of aromatic nitrogens is 4. The fourth-order valence-electron chi connectivity index (χ4n) is 3.32. The van der Waals surface area contributed by atoms with Crippen molar-refractivity contribution in [1.82, 2.24) is 24.6 Å². The lowest BCUT2D eigenvalue weighted by Gasteiger charge is -2.25. The lowest BCUT2D eigenvalue weighted by atomic mass is 10.0. The molecular formula is C19H20N6O. The molecule has 1 aliphatic rings. The molecule has 1 N–H and O–H groups in total. The number of rotatable bonds is 4. The van der Waals surface area contributed by atoms with E-state index in [-0.39, 0.29) is 12.1 Å². The van der Waals surface area contributed by atoms with Gasteiger partial charge in [0.15, 0.2) is 5.82 Å². The van der Waals surface area contributed by atoms with E-state index in [1.807, 2.05) is 29.2 Å². The minimum absolute atomic E-state index is 0.0706. The van der Waals surface area contributed by atoms with Gasteiger partial charge in [0.25, 0.3) is 0 Å². The minimum Gasteiger partial charge on any atom is -0.321 e. The summed E-state index contributed by atoms with van der Waals surface area (Å²) in [6.45, 7) is 0.786. The zero-order valence-corrected chi connectivity index (χ0v) is 14.3. The van der Waals surface area contributed by atoms with Crippen molar-refractivity contribution in [1.29, 1.82) is 0 Å². The first kappa shape index (κ1) is 16.3. The average molecular weight is 348 g/mol. The molecule has 7 nitrogen and oxygen atoms in total. The number of amides is 2. The number of carbonyl (C=O) groups excluding carboxylic acids is 1. The third kappa shape index (κ3) is 3.56. The van der Waals surface area contributed by atoms with E-state index in [2.05, 4.69) is 32.5 Å². The minimum atomic E-state index is -0.0706. The maximum atomic E-state index is 12.7. The highest BCUT2D eigenvalue weighted by atomic mass is 16.2. The van der Waals surface area contributed by atoms with Gasteiger partial charge in [-0.3, -0.25) is 0 Å². The van der Waals surface area contributed by atoms with Crippen LogP contribution < -0.4 is 5.32 Å². The number of nitrogens with one attached hydrogen (secondary N) is 1. The van der Waals surface area contributed by atoms with E-state index < -0.39 is 0 Å². The van der Waals surface area contributed by atoms with Crippen molar-refractivity contribution in [2.24, 2.45) is 0 Å². The lowest BCUT2D eigenvalue weighted by molar-refractivity contribution is 0.206. The lowest BCUT2D eigenvalue weighted by Crippen LogP contribution is -2.39. The van der Waals surface area contributed by atoms with Crippen LogP contribution in [-0.4, -0.2) is 43.3 Å². The van der Waals surface area contributed by atoms with Gasteiger partial charge in [-0.05, 0) is 37.0 Å². The molecule has 2 amide bonds. The fourth-order valence-corrected chi connectivity index (χ4v) is 3.32. The standard InChI is InChI=1S/C19H20N6O/c26-19(23-16-8-9-18(21-12-16)25-14-20-13-22-25)24-10-4-7-17(24)11-15-5-2-1-3-6-15/h1-3,5-6,8-9,12-14,17H,4,7,10-11H2,(H,23,26)/t17-/m1/s1. The molecule has 0 aliphatic carbocycles. The summed E-state index contributed by atoms with van der Waals surface area (Å²) in [6, 6.07) is 14.1. The number of hydrogen-bond acceptors (Lipinski definition) is 4. The second kappa shape index (κ2) is 7.35. The van der Waals surface area contributed by atoms with Crippen molar-refractivity contribution >= 4 is 11.7 Å². The first-order chi connectivity index (χ1) is 12.8. The number of anilines is 1. The number of pyridine rings is 1. The molecule has 132 valence electrons. The number of carbonyl (C=O) groups is 1. The predicted molar refractivity (Wildman–Crippen MR) is 98.0 cm³/mol. The SMILES string of the molecule is O=C(Nc1ccc(-n2cncn2)nc1)N1CCC[C@@H]1Cc1ccccc1. The molecule has 3 heterocycles. The zero-order valence-electron chi connectivity index (χ0n) is 14.3. The Labute approximate surface area is 151 Å². The van der Waals surface area contributed by atoms with Gasteiger partial charge in [-0.25, -0.2) is 19.4 Å². The molecule has 0 unspecified atom stereocenters. The smallest absolute Gasteiger partial charge is 0.321 e. The Bertz CT molecular complexity index is 848. The molecule has 2 aromatic heterocycles. The van der Waals surface area contributed by atoms with Crippen molar-refractivity contribution < 1.29 is 4.79 Å². The molecule has 4 rings (SSSR count). The molecule has 1 aliphatic heterocycles. The summed E-state index contributed by atoms with van der Waals surface area (Å²) in [5, 5.41) is 6.99. The molecule has 1 fully saturated rings. The summed E-state index contributed by atoms with van der Waals surface area (Å²) in [5.74, 6) is 0.656. The predicted octanol–water partition coefficient (Wildman–Crippen LogP) is 2.90. The molecule has 0 radical (unpaired) electrons. The highest BCUT2D eigenvalue weighted by Crippen LogP contribution is 2.22. The topological polar surface area (TPSA) is 75.9 Å². The van der Waals surface area contributed by atoms with E-state index in [1.54, 1.807) is 23.3 Å². The molecule has 1 atom stereocenters. The molecule has 7 heteroatoms. The maximum Gasteiger partial charge on any atom is 0.322 e. The first-order valence-electron chi connectivity index (χ1n) is 8.72. The van der Waals surface area contributed by atoms with E-state index in [4.69, 9.17) is 0 Å². The molecule has 1 saturated heterocycles. The second-order valence-electron chi connectivity index (χ2n) is 6.35. The number of nitrogens with zero attached hydrogens (tertiary/aromatic N) is 5. The highest BCUT2D eigenvalue weighted by Gasteiger charge is 2.28. The van der Waals surface area contributed by atoms with Gasteiger partial charge in [-0.2, -0.15) is 5.10 Å². The van der Waals surface area contributed by atoms with Crippen LogP contribution >= 0.6 is 0 Å². The molecule has 3 aromatic rings. The van der Waals surface area contributed by atoms with Gasteiger partial charge in [-0.1, -0.05) is 30.3 Å². The number of hydrogen-bond donors (Lipinski definition) is 1. The van der Waals surface area contributed by atoms with Crippen molar-refractivity contribution in [3.63, 3.8) is 0 Å². The van der Waals surface area contributed by atoms with Crippen molar-refractivity contribution in [2.75, 3.05) is 11.9 Å². The third-order valence-corrected chi connectivity index (χ3v) is 4.60. The van der Waals surface area contributed by atoms with Gasteiger partial charge >= 0.3 is 6.03 Å². The molecule has 0 spiro atoms. The highest BCUT2D eigenvalue weighted by molar-refractivity contribution is 5.89.